The first-order valence-corrected chi connectivity index (χ1v) is 7.45. The fourth-order valence-corrected chi connectivity index (χ4v) is 2.39. The Morgan fingerprint density at radius 2 is 2.10 bits per heavy atom. The fraction of sp³-hybridized carbons (Fsp3) is 0.562. The molecule has 0 aliphatic carbocycles. The summed E-state index contributed by atoms with van der Waals surface area (Å²) >= 11 is 0. The number of aliphatic hydroxyl groups excluding tert-OH is 1. The van der Waals surface area contributed by atoms with Gasteiger partial charge in [0.05, 0.1) is 37.0 Å². The SMILES string of the molecule is CCCn1c(CC(O)COCCOC)nc2ccccc21. The molecule has 1 aromatic heterocycles. The van der Waals surface area contributed by atoms with Crippen molar-refractivity contribution < 1.29 is 14.6 Å². The summed E-state index contributed by atoms with van der Waals surface area (Å²) in [4.78, 5) is 4.64. The molecule has 1 atom stereocenters. The number of benzene rings is 1. The largest absolute Gasteiger partial charge is 0.390 e. The molecule has 0 bridgehead atoms. The summed E-state index contributed by atoms with van der Waals surface area (Å²) in [5, 5.41) is 10.1. The molecular formula is C16H24N2O3. The monoisotopic (exact) mass is 292 g/mol. The van der Waals surface area contributed by atoms with E-state index in [1.54, 1.807) is 7.11 Å². The Balaban J connectivity index is 2.04. The second-order valence-corrected chi connectivity index (χ2v) is 5.09. The van der Waals surface area contributed by atoms with Gasteiger partial charge in [0.2, 0.25) is 0 Å². The molecule has 21 heavy (non-hydrogen) atoms. The predicted molar refractivity (Wildman–Crippen MR) is 82.4 cm³/mol. The first-order chi connectivity index (χ1) is 10.3. The van der Waals surface area contributed by atoms with Gasteiger partial charge < -0.3 is 19.1 Å². The molecule has 0 saturated carbocycles. The van der Waals surface area contributed by atoms with Crippen LogP contribution in [0.3, 0.4) is 0 Å². The van der Waals surface area contributed by atoms with Crippen LogP contribution in [0, 0.1) is 0 Å². The molecule has 5 heteroatoms. The molecule has 5 nitrogen and oxygen atoms in total. The van der Waals surface area contributed by atoms with E-state index in [0.29, 0.717) is 26.2 Å². The smallest absolute Gasteiger partial charge is 0.112 e. The summed E-state index contributed by atoms with van der Waals surface area (Å²) in [5.41, 5.74) is 2.11. The van der Waals surface area contributed by atoms with Gasteiger partial charge in [0.25, 0.3) is 0 Å². The molecule has 1 aromatic carbocycles. The van der Waals surface area contributed by atoms with E-state index in [1.807, 2.05) is 18.2 Å². The molecule has 0 fully saturated rings. The molecule has 0 radical (unpaired) electrons. The van der Waals surface area contributed by atoms with Crippen LogP contribution in [0.4, 0.5) is 0 Å². The molecule has 2 rings (SSSR count). The number of rotatable bonds is 9. The van der Waals surface area contributed by atoms with E-state index in [9.17, 15) is 5.11 Å². The summed E-state index contributed by atoms with van der Waals surface area (Å²) in [6.07, 6.45) is 0.990. The number of imidazole rings is 1. The quantitative estimate of drug-likeness (QED) is 0.718. The summed E-state index contributed by atoms with van der Waals surface area (Å²) in [6.45, 7) is 4.40. The zero-order chi connectivity index (χ0) is 15.1. The van der Waals surface area contributed by atoms with Gasteiger partial charge in [-0.1, -0.05) is 19.1 Å². The molecule has 0 saturated heterocycles. The lowest BCUT2D eigenvalue weighted by molar-refractivity contribution is 0.0128. The van der Waals surface area contributed by atoms with Gasteiger partial charge in [0.15, 0.2) is 0 Å². The normalized spacial score (nSPS) is 12.9. The van der Waals surface area contributed by atoms with Crippen LogP contribution in [0.1, 0.15) is 19.2 Å². The highest BCUT2D eigenvalue weighted by Crippen LogP contribution is 2.17. The molecule has 0 amide bonds. The Morgan fingerprint density at radius 1 is 1.29 bits per heavy atom. The molecule has 0 spiro atoms. The van der Waals surface area contributed by atoms with Crippen LogP contribution in [0.15, 0.2) is 24.3 Å². The van der Waals surface area contributed by atoms with Crippen LogP contribution in [0.5, 0.6) is 0 Å². The third kappa shape index (κ3) is 4.27. The van der Waals surface area contributed by atoms with Crippen molar-refractivity contribution in [3.63, 3.8) is 0 Å². The van der Waals surface area contributed by atoms with Gasteiger partial charge in [0.1, 0.15) is 5.82 Å². The van der Waals surface area contributed by atoms with Crippen molar-refractivity contribution in [2.24, 2.45) is 0 Å². The molecule has 0 aliphatic rings. The van der Waals surface area contributed by atoms with E-state index in [4.69, 9.17) is 9.47 Å². The Labute approximate surface area is 125 Å². The lowest BCUT2D eigenvalue weighted by atomic mass is 10.2. The molecule has 0 aliphatic heterocycles. The molecular weight excluding hydrogens is 268 g/mol. The predicted octanol–water partition coefficient (Wildman–Crippen LogP) is 2.01. The minimum Gasteiger partial charge on any atom is -0.390 e. The van der Waals surface area contributed by atoms with E-state index < -0.39 is 6.10 Å². The molecule has 2 aromatic rings. The second kappa shape index (κ2) is 8.12. The van der Waals surface area contributed by atoms with E-state index in [0.717, 1.165) is 29.8 Å². The summed E-state index contributed by atoms with van der Waals surface area (Å²) in [7, 11) is 1.63. The van der Waals surface area contributed by atoms with E-state index in [1.165, 1.54) is 0 Å². The second-order valence-electron chi connectivity index (χ2n) is 5.09. The van der Waals surface area contributed by atoms with Crippen LogP contribution < -0.4 is 0 Å². The van der Waals surface area contributed by atoms with Crippen molar-refractivity contribution in [2.75, 3.05) is 26.9 Å². The Kier molecular flexibility index (Phi) is 6.17. The van der Waals surface area contributed by atoms with Crippen molar-refractivity contribution in [1.29, 1.82) is 0 Å². The zero-order valence-corrected chi connectivity index (χ0v) is 12.8. The fourth-order valence-electron chi connectivity index (χ4n) is 2.39. The summed E-state index contributed by atoms with van der Waals surface area (Å²) in [6, 6.07) is 8.08. The topological polar surface area (TPSA) is 56.5 Å². The van der Waals surface area contributed by atoms with E-state index in [2.05, 4.69) is 22.5 Å². The Bertz CT molecular complexity index is 553. The van der Waals surface area contributed by atoms with E-state index in [-0.39, 0.29) is 0 Å². The molecule has 1 N–H and O–H groups in total. The number of fused-ring (bicyclic) bond motifs is 1. The lowest BCUT2D eigenvalue weighted by Gasteiger charge is -2.12. The number of para-hydroxylation sites is 2. The number of aliphatic hydroxyl groups is 1. The first kappa shape index (κ1) is 15.9. The van der Waals surface area contributed by atoms with Gasteiger partial charge >= 0.3 is 0 Å². The molecule has 116 valence electrons. The Hall–Kier alpha value is -1.43. The minimum absolute atomic E-state index is 0.304. The standard InChI is InChI=1S/C16H24N2O3/c1-3-8-18-15-7-5-4-6-14(15)17-16(18)11-13(19)12-21-10-9-20-2/h4-7,13,19H,3,8-12H2,1-2H3. The van der Waals surface area contributed by atoms with Crippen molar-refractivity contribution >= 4 is 11.0 Å². The Morgan fingerprint density at radius 3 is 2.86 bits per heavy atom. The van der Waals surface area contributed by atoms with Crippen LogP contribution in [-0.4, -0.2) is 47.7 Å². The zero-order valence-electron chi connectivity index (χ0n) is 12.8. The van der Waals surface area contributed by atoms with E-state index >= 15 is 0 Å². The highest BCUT2D eigenvalue weighted by Gasteiger charge is 2.14. The van der Waals surface area contributed by atoms with Gasteiger partial charge in [0, 0.05) is 20.1 Å². The van der Waals surface area contributed by atoms with Crippen molar-refractivity contribution in [1.82, 2.24) is 9.55 Å². The summed E-state index contributed by atoms with van der Waals surface area (Å²) < 4.78 is 12.5. The van der Waals surface area contributed by atoms with Crippen LogP contribution in [-0.2, 0) is 22.4 Å². The maximum Gasteiger partial charge on any atom is 0.112 e. The highest BCUT2D eigenvalue weighted by atomic mass is 16.5. The third-order valence-electron chi connectivity index (χ3n) is 3.34. The molecule has 1 unspecified atom stereocenters. The molecule has 1 heterocycles. The number of nitrogens with zero attached hydrogens (tertiary/aromatic N) is 2. The van der Waals surface area contributed by atoms with Crippen molar-refractivity contribution in [3.8, 4) is 0 Å². The van der Waals surface area contributed by atoms with Gasteiger partial charge in [-0.3, -0.25) is 0 Å². The number of hydrogen-bond donors (Lipinski definition) is 1. The number of aryl methyl sites for hydroxylation is 1. The first-order valence-electron chi connectivity index (χ1n) is 7.45. The highest BCUT2D eigenvalue weighted by molar-refractivity contribution is 5.75. The minimum atomic E-state index is -0.547. The third-order valence-corrected chi connectivity index (χ3v) is 3.34. The van der Waals surface area contributed by atoms with Gasteiger partial charge in [-0.2, -0.15) is 0 Å². The number of hydrogen-bond acceptors (Lipinski definition) is 4. The summed E-state index contributed by atoms with van der Waals surface area (Å²) in [5.74, 6) is 0.917. The maximum absolute atomic E-state index is 10.1. The average Bonchev–Trinajstić information content (AvgIpc) is 2.82. The van der Waals surface area contributed by atoms with Gasteiger partial charge in [-0.25, -0.2) is 4.98 Å². The average molecular weight is 292 g/mol. The van der Waals surface area contributed by atoms with Gasteiger partial charge in [-0.15, -0.1) is 0 Å². The lowest BCUT2D eigenvalue weighted by Crippen LogP contribution is -2.21. The van der Waals surface area contributed by atoms with Crippen molar-refractivity contribution in [3.05, 3.63) is 30.1 Å². The number of methoxy groups -OCH3 is 1. The number of aromatic nitrogens is 2. The van der Waals surface area contributed by atoms with Crippen LogP contribution >= 0.6 is 0 Å². The van der Waals surface area contributed by atoms with Crippen molar-refractivity contribution in [2.45, 2.75) is 32.4 Å². The maximum atomic E-state index is 10.1. The number of ether oxygens (including phenoxy) is 2. The van der Waals surface area contributed by atoms with Crippen LogP contribution in [0.2, 0.25) is 0 Å². The van der Waals surface area contributed by atoms with Crippen LogP contribution in [0.25, 0.3) is 11.0 Å². The van der Waals surface area contributed by atoms with Gasteiger partial charge in [-0.05, 0) is 18.6 Å².